The van der Waals surface area contributed by atoms with Crippen LogP contribution in [0.2, 0.25) is 0 Å². The Balaban J connectivity index is 2.09. The van der Waals surface area contributed by atoms with E-state index >= 15 is 0 Å². The number of nitrogens with zero attached hydrogens (tertiary/aromatic N) is 1. The number of benzene rings is 1. The van der Waals surface area contributed by atoms with E-state index < -0.39 is 5.97 Å². The first-order chi connectivity index (χ1) is 11.8. The van der Waals surface area contributed by atoms with Crippen molar-refractivity contribution in [2.24, 2.45) is 0 Å². The molecule has 0 saturated carbocycles. The minimum Gasteiger partial charge on any atom is -0.454 e. The molecule has 5 nitrogen and oxygen atoms in total. The second-order valence-electron chi connectivity index (χ2n) is 5.97. The molecule has 2 rings (SSSR count). The van der Waals surface area contributed by atoms with Crippen LogP contribution in [0.1, 0.15) is 45.1 Å². The first-order valence-corrected chi connectivity index (χ1v) is 8.77. The van der Waals surface area contributed by atoms with Gasteiger partial charge in [0.05, 0.1) is 18.2 Å². The van der Waals surface area contributed by atoms with Crippen LogP contribution in [0.25, 0.3) is 0 Å². The Hall–Kier alpha value is -1.92. The molecule has 25 heavy (non-hydrogen) atoms. The highest BCUT2D eigenvalue weighted by atomic mass is 79.9. The number of carbonyl (C=O) groups excluding carboxylic acids is 2. The van der Waals surface area contributed by atoms with Crippen LogP contribution >= 0.6 is 15.9 Å². The van der Waals surface area contributed by atoms with Crippen LogP contribution in [0.3, 0.4) is 0 Å². The summed E-state index contributed by atoms with van der Waals surface area (Å²) < 4.78 is 13.2. The molecule has 0 aliphatic carbocycles. The van der Waals surface area contributed by atoms with Crippen LogP contribution in [0.4, 0.5) is 0 Å². The molecule has 0 fully saturated rings. The van der Waals surface area contributed by atoms with Gasteiger partial charge in [0, 0.05) is 28.5 Å². The lowest BCUT2D eigenvalue weighted by molar-refractivity contribution is 0.0474. The number of ketones is 1. The Labute approximate surface area is 156 Å². The fourth-order valence-electron chi connectivity index (χ4n) is 2.96. The third-order valence-electron chi connectivity index (χ3n) is 4.03. The van der Waals surface area contributed by atoms with E-state index in [1.807, 2.05) is 32.9 Å². The molecule has 1 aromatic heterocycles. The SMILES string of the molecule is COC[C@H](C)n1c(C)cc(C(=O)COC(=O)c2cccc(Br)c2)c1C. The molecule has 0 spiro atoms. The molecule has 0 N–H and O–H groups in total. The zero-order valence-electron chi connectivity index (χ0n) is 14.8. The van der Waals surface area contributed by atoms with Gasteiger partial charge in [0.15, 0.2) is 6.61 Å². The Kier molecular flexibility index (Phi) is 6.56. The molecule has 0 bridgehead atoms. The number of ether oxygens (including phenoxy) is 2. The average molecular weight is 408 g/mol. The number of aryl methyl sites for hydroxylation is 1. The molecule has 0 aliphatic heterocycles. The van der Waals surface area contributed by atoms with Crippen molar-refractivity contribution in [1.29, 1.82) is 0 Å². The maximum absolute atomic E-state index is 12.5. The van der Waals surface area contributed by atoms with Gasteiger partial charge in [-0.05, 0) is 45.0 Å². The minimum atomic E-state index is -0.517. The van der Waals surface area contributed by atoms with Crippen molar-refractivity contribution in [2.45, 2.75) is 26.8 Å². The van der Waals surface area contributed by atoms with Crippen LogP contribution in [0.15, 0.2) is 34.8 Å². The highest BCUT2D eigenvalue weighted by Gasteiger charge is 2.20. The third kappa shape index (κ3) is 4.58. The monoisotopic (exact) mass is 407 g/mol. The van der Waals surface area contributed by atoms with Gasteiger partial charge in [-0.25, -0.2) is 4.79 Å². The predicted octanol–water partition coefficient (Wildman–Crippen LogP) is 4.11. The first-order valence-electron chi connectivity index (χ1n) is 7.98. The van der Waals surface area contributed by atoms with E-state index in [0.29, 0.717) is 17.7 Å². The van der Waals surface area contributed by atoms with E-state index in [-0.39, 0.29) is 18.4 Å². The molecule has 134 valence electrons. The van der Waals surface area contributed by atoms with E-state index in [9.17, 15) is 9.59 Å². The Morgan fingerprint density at radius 3 is 2.60 bits per heavy atom. The van der Waals surface area contributed by atoms with Crippen LogP contribution in [0.5, 0.6) is 0 Å². The van der Waals surface area contributed by atoms with Crippen molar-refractivity contribution >= 4 is 27.7 Å². The summed E-state index contributed by atoms with van der Waals surface area (Å²) >= 11 is 3.31. The molecule has 1 aromatic carbocycles. The van der Waals surface area contributed by atoms with Gasteiger partial charge in [-0.2, -0.15) is 0 Å². The predicted molar refractivity (Wildman–Crippen MR) is 99.2 cm³/mol. The van der Waals surface area contributed by atoms with E-state index in [1.165, 1.54) is 0 Å². The van der Waals surface area contributed by atoms with Gasteiger partial charge >= 0.3 is 5.97 Å². The first kappa shape index (κ1) is 19.4. The number of esters is 1. The maximum Gasteiger partial charge on any atom is 0.338 e. The number of rotatable bonds is 7. The number of methoxy groups -OCH3 is 1. The molecular formula is C19H22BrNO4. The molecule has 0 amide bonds. The summed E-state index contributed by atoms with van der Waals surface area (Å²) in [5, 5.41) is 0. The van der Waals surface area contributed by atoms with Gasteiger partial charge in [-0.1, -0.05) is 22.0 Å². The Bertz CT molecular complexity index is 782. The van der Waals surface area contributed by atoms with Crippen molar-refractivity contribution in [2.75, 3.05) is 20.3 Å². The molecular weight excluding hydrogens is 386 g/mol. The molecule has 0 radical (unpaired) electrons. The average Bonchev–Trinajstić information content (AvgIpc) is 2.87. The van der Waals surface area contributed by atoms with Crippen molar-refractivity contribution in [3.8, 4) is 0 Å². The number of halogens is 1. The van der Waals surface area contributed by atoms with Gasteiger partial charge in [-0.15, -0.1) is 0 Å². The van der Waals surface area contributed by atoms with E-state index in [1.54, 1.807) is 25.3 Å². The Morgan fingerprint density at radius 2 is 1.96 bits per heavy atom. The topological polar surface area (TPSA) is 57.5 Å². The normalized spacial score (nSPS) is 12.0. The Morgan fingerprint density at radius 1 is 1.24 bits per heavy atom. The van der Waals surface area contributed by atoms with Crippen LogP contribution < -0.4 is 0 Å². The molecule has 1 heterocycles. The van der Waals surface area contributed by atoms with Gasteiger partial charge in [0.25, 0.3) is 0 Å². The highest BCUT2D eigenvalue weighted by Crippen LogP contribution is 2.21. The van der Waals surface area contributed by atoms with E-state index in [4.69, 9.17) is 9.47 Å². The van der Waals surface area contributed by atoms with Crippen molar-refractivity contribution in [3.05, 3.63) is 57.3 Å². The van der Waals surface area contributed by atoms with E-state index in [2.05, 4.69) is 20.5 Å². The summed E-state index contributed by atoms with van der Waals surface area (Å²) in [4.78, 5) is 24.5. The fourth-order valence-corrected chi connectivity index (χ4v) is 3.36. The minimum absolute atomic E-state index is 0.121. The largest absolute Gasteiger partial charge is 0.454 e. The van der Waals surface area contributed by atoms with Gasteiger partial charge < -0.3 is 14.0 Å². The number of hydrogen-bond donors (Lipinski definition) is 0. The quantitative estimate of drug-likeness (QED) is 0.511. The summed E-state index contributed by atoms with van der Waals surface area (Å²) in [5.41, 5.74) is 2.80. The van der Waals surface area contributed by atoms with Crippen molar-refractivity contribution in [1.82, 2.24) is 4.57 Å². The zero-order valence-corrected chi connectivity index (χ0v) is 16.4. The highest BCUT2D eigenvalue weighted by molar-refractivity contribution is 9.10. The number of carbonyl (C=O) groups is 2. The summed E-state index contributed by atoms with van der Waals surface area (Å²) in [6.45, 7) is 6.15. The van der Waals surface area contributed by atoms with Gasteiger partial charge in [0.2, 0.25) is 5.78 Å². The van der Waals surface area contributed by atoms with Crippen molar-refractivity contribution < 1.29 is 19.1 Å². The van der Waals surface area contributed by atoms with Crippen LogP contribution in [0, 0.1) is 13.8 Å². The molecule has 2 aromatic rings. The lowest BCUT2D eigenvalue weighted by atomic mass is 10.1. The van der Waals surface area contributed by atoms with Gasteiger partial charge in [-0.3, -0.25) is 4.79 Å². The molecule has 0 aliphatic rings. The fraction of sp³-hybridized carbons (Fsp3) is 0.368. The smallest absolute Gasteiger partial charge is 0.338 e. The second kappa shape index (κ2) is 8.45. The van der Waals surface area contributed by atoms with Gasteiger partial charge in [0.1, 0.15) is 0 Å². The lowest BCUT2D eigenvalue weighted by Crippen LogP contribution is -2.17. The summed E-state index contributed by atoms with van der Waals surface area (Å²) in [6.07, 6.45) is 0. The standard InChI is InChI=1S/C19H22BrNO4/c1-12-8-17(14(3)21(12)13(2)10-24-4)18(22)11-25-19(23)15-6-5-7-16(20)9-15/h5-9,13H,10-11H2,1-4H3/t13-/m0/s1. The maximum atomic E-state index is 12.5. The number of hydrogen-bond acceptors (Lipinski definition) is 4. The molecule has 0 unspecified atom stereocenters. The van der Waals surface area contributed by atoms with Crippen LogP contribution in [-0.4, -0.2) is 36.6 Å². The summed E-state index contributed by atoms with van der Waals surface area (Å²) in [7, 11) is 1.65. The second-order valence-corrected chi connectivity index (χ2v) is 6.88. The summed E-state index contributed by atoms with van der Waals surface area (Å²) in [6, 6.07) is 8.82. The number of aromatic nitrogens is 1. The van der Waals surface area contributed by atoms with Crippen molar-refractivity contribution in [3.63, 3.8) is 0 Å². The third-order valence-corrected chi connectivity index (χ3v) is 4.52. The lowest BCUT2D eigenvalue weighted by Gasteiger charge is -2.17. The molecule has 0 saturated heterocycles. The zero-order chi connectivity index (χ0) is 18.6. The van der Waals surface area contributed by atoms with Crippen LogP contribution in [-0.2, 0) is 9.47 Å². The summed E-state index contributed by atoms with van der Waals surface area (Å²) in [5.74, 6) is -0.733. The molecule has 6 heteroatoms. The molecule has 1 atom stereocenters. The number of Topliss-reactive ketones (excluding diaryl/α,β-unsaturated/α-hetero) is 1. The van der Waals surface area contributed by atoms with E-state index in [0.717, 1.165) is 15.9 Å².